The minimum Gasteiger partial charge on any atom is -0.305 e. The molecule has 17 heavy (non-hydrogen) atoms. The second-order valence-electron chi connectivity index (χ2n) is 3.45. The molecule has 0 aliphatic carbocycles. The lowest BCUT2D eigenvalue weighted by atomic mass is 10.2. The first-order valence-electron chi connectivity index (χ1n) is 4.82. The molecular formula is C11H9BrFN3O. The maximum Gasteiger partial charge on any atom is 0.259 e. The van der Waals surface area contributed by atoms with Crippen LogP contribution in [0.5, 0.6) is 0 Å². The Kier molecular flexibility index (Phi) is 3.23. The van der Waals surface area contributed by atoms with Crippen LogP contribution < -0.4 is 5.32 Å². The zero-order valence-corrected chi connectivity index (χ0v) is 10.5. The molecule has 4 nitrogen and oxygen atoms in total. The Morgan fingerprint density at radius 3 is 2.88 bits per heavy atom. The van der Waals surface area contributed by atoms with E-state index in [1.54, 1.807) is 24.0 Å². The Hall–Kier alpha value is -1.69. The van der Waals surface area contributed by atoms with Crippen molar-refractivity contribution in [3.63, 3.8) is 0 Å². The summed E-state index contributed by atoms with van der Waals surface area (Å²) >= 11 is 3.19. The summed E-state index contributed by atoms with van der Waals surface area (Å²) in [5.41, 5.74) is -0.0231. The first-order valence-corrected chi connectivity index (χ1v) is 5.61. The molecule has 0 aliphatic rings. The van der Waals surface area contributed by atoms with Crippen LogP contribution in [0.25, 0.3) is 0 Å². The van der Waals surface area contributed by atoms with Crippen LogP contribution in [0, 0.1) is 5.82 Å². The third-order valence-electron chi connectivity index (χ3n) is 2.13. The summed E-state index contributed by atoms with van der Waals surface area (Å²) < 4.78 is 15.6. The standard InChI is InChI=1S/C11H9BrFN3O/c1-16-5-4-10(15-16)14-11(17)8-6-7(12)2-3-9(8)13/h2-6H,1H3,(H,14,15,17). The molecule has 0 saturated carbocycles. The van der Waals surface area contributed by atoms with E-state index in [9.17, 15) is 9.18 Å². The Morgan fingerprint density at radius 2 is 2.24 bits per heavy atom. The van der Waals surface area contributed by atoms with Crippen molar-refractivity contribution in [3.8, 4) is 0 Å². The average Bonchev–Trinajstić information content (AvgIpc) is 2.67. The van der Waals surface area contributed by atoms with Crippen LogP contribution in [0.3, 0.4) is 0 Å². The van der Waals surface area contributed by atoms with Gasteiger partial charge in [-0.3, -0.25) is 9.48 Å². The largest absolute Gasteiger partial charge is 0.305 e. The molecule has 1 N–H and O–H groups in total. The molecule has 1 aromatic heterocycles. The molecular weight excluding hydrogens is 289 g/mol. The number of carbonyl (C=O) groups is 1. The van der Waals surface area contributed by atoms with Crippen LogP contribution in [0.15, 0.2) is 34.9 Å². The molecule has 0 saturated heterocycles. The number of benzene rings is 1. The SMILES string of the molecule is Cn1ccc(NC(=O)c2cc(Br)ccc2F)n1. The fourth-order valence-corrected chi connectivity index (χ4v) is 1.70. The Labute approximate surface area is 106 Å². The third kappa shape index (κ3) is 2.71. The van der Waals surface area contributed by atoms with E-state index >= 15 is 0 Å². The van der Waals surface area contributed by atoms with Gasteiger partial charge in [-0.05, 0) is 18.2 Å². The maximum atomic E-state index is 13.4. The van der Waals surface area contributed by atoms with Crippen molar-refractivity contribution in [3.05, 3.63) is 46.3 Å². The predicted octanol–water partition coefficient (Wildman–Crippen LogP) is 2.57. The predicted molar refractivity (Wildman–Crippen MR) is 65.3 cm³/mol. The van der Waals surface area contributed by atoms with Crippen molar-refractivity contribution in [2.45, 2.75) is 0 Å². The fraction of sp³-hybridized carbons (Fsp3) is 0.0909. The number of hydrogen-bond acceptors (Lipinski definition) is 2. The summed E-state index contributed by atoms with van der Waals surface area (Å²) in [5.74, 6) is -0.707. The van der Waals surface area contributed by atoms with Gasteiger partial charge in [0, 0.05) is 23.8 Å². The summed E-state index contributed by atoms with van der Waals surface area (Å²) in [4.78, 5) is 11.8. The number of hydrogen-bond donors (Lipinski definition) is 1. The van der Waals surface area contributed by atoms with Gasteiger partial charge in [-0.25, -0.2) is 4.39 Å². The van der Waals surface area contributed by atoms with Crippen LogP contribution in [-0.4, -0.2) is 15.7 Å². The number of aromatic nitrogens is 2. The van der Waals surface area contributed by atoms with Crippen molar-refractivity contribution < 1.29 is 9.18 Å². The van der Waals surface area contributed by atoms with Crippen LogP contribution in [-0.2, 0) is 7.05 Å². The summed E-state index contributed by atoms with van der Waals surface area (Å²) in [7, 11) is 1.73. The lowest BCUT2D eigenvalue weighted by Crippen LogP contribution is -2.14. The molecule has 1 amide bonds. The van der Waals surface area contributed by atoms with Gasteiger partial charge >= 0.3 is 0 Å². The van der Waals surface area contributed by atoms with Gasteiger partial charge in [-0.2, -0.15) is 5.10 Å². The minimum absolute atomic E-state index is 0.0231. The van der Waals surface area contributed by atoms with Gasteiger partial charge in [-0.1, -0.05) is 15.9 Å². The Morgan fingerprint density at radius 1 is 1.47 bits per heavy atom. The van der Waals surface area contributed by atoms with Gasteiger partial charge in [-0.15, -0.1) is 0 Å². The van der Waals surface area contributed by atoms with Gasteiger partial charge in [0.2, 0.25) is 0 Å². The van der Waals surface area contributed by atoms with E-state index in [1.165, 1.54) is 18.2 Å². The molecule has 1 heterocycles. The van der Waals surface area contributed by atoms with Crippen molar-refractivity contribution in [2.75, 3.05) is 5.32 Å². The van der Waals surface area contributed by atoms with Crippen molar-refractivity contribution in [1.82, 2.24) is 9.78 Å². The third-order valence-corrected chi connectivity index (χ3v) is 2.62. The van der Waals surface area contributed by atoms with E-state index in [-0.39, 0.29) is 5.56 Å². The van der Waals surface area contributed by atoms with E-state index in [0.29, 0.717) is 10.3 Å². The molecule has 1 aromatic carbocycles. The molecule has 2 aromatic rings. The normalized spacial score (nSPS) is 10.3. The highest BCUT2D eigenvalue weighted by atomic mass is 79.9. The summed E-state index contributed by atoms with van der Waals surface area (Å²) in [5, 5.41) is 6.49. The molecule has 88 valence electrons. The molecule has 0 bridgehead atoms. The summed E-state index contributed by atoms with van der Waals surface area (Å²) in [6.07, 6.45) is 1.69. The van der Waals surface area contributed by atoms with E-state index in [2.05, 4.69) is 26.3 Å². The van der Waals surface area contributed by atoms with Gasteiger partial charge in [0.25, 0.3) is 5.91 Å². The second-order valence-corrected chi connectivity index (χ2v) is 4.37. The number of nitrogens with one attached hydrogen (secondary N) is 1. The smallest absolute Gasteiger partial charge is 0.259 e. The van der Waals surface area contributed by atoms with Crippen LogP contribution in [0.2, 0.25) is 0 Å². The summed E-state index contributed by atoms with van der Waals surface area (Å²) in [6, 6.07) is 5.83. The van der Waals surface area contributed by atoms with E-state index in [4.69, 9.17) is 0 Å². The van der Waals surface area contributed by atoms with Crippen LogP contribution in [0.4, 0.5) is 10.2 Å². The van der Waals surface area contributed by atoms with Crippen LogP contribution in [0.1, 0.15) is 10.4 Å². The number of amides is 1. The average molecular weight is 298 g/mol. The van der Waals surface area contributed by atoms with Crippen LogP contribution >= 0.6 is 15.9 Å². The number of carbonyl (C=O) groups excluding carboxylic acids is 1. The lowest BCUT2D eigenvalue weighted by Gasteiger charge is -2.03. The molecule has 2 rings (SSSR count). The minimum atomic E-state index is -0.568. The monoisotopic (exact) mass is 297 g/mol. The molecule has 6 heteroatoms. The van der Waals surface area contributed by atoms with Gasteiger partial charge in [0.05, 0.1) is 5.56 Å². The maximum absolute atomic E-state index is 13.4. The Bertz CT molecular complexity index is 568. The highest BCUT2D eigenvalue weighted by Crippen LogP contribution is 2.16. The molecule has 0 atom stereocenters. The Balaban J connectivity index is 2.22. The molecule has 0 radical (unpaired) electrons. The first kappa shape index (κ1) is 11.8. The highest BCUT2D eigenvalue weighted by Gasteiger charge is 2.13. The number of anilines is 1. The van der Waals surface area contributed by atoms with Gasteiger partial charge < -0.3 is 5.32 Å². The highest BCUT2D eigenvalue weighted by molar-refractivity contribution is 9.10. The van der Waals surface area contributed by atoms with Crippen molar-refractivity contribution in [1.29, 1.82) is 0 Å². The van der Waals surface area contributed by atoms with Gasteiger partial charge in [0.1, 0.15) is 5.82 Å². The van der Waals surface area contributed by atoms with E-state index in [1.807, 2.05) is 0 Å². The van der Waals surface area contributed by atoms with Gasteiger partial charge in [0.15, 0.2) is 5.82 Å². The first-order chi connectivity index (χ1) is 8.06. The van der Waals surface area contributed by atoms with E-state index < -0.39 is 11.7 Å². The number of aryl methyl sites for hydroxylation is 1. The van der Waals surface area contributed by atoms with E-state index in [0.717, 1.165) is 0 Å². The zero-order valence-electron chi connectivity index (χ0n) is 8.95. The topological polar surface area (TPSA) is 46.9 Å². The molecule has 0 unspecified atom stereocenters. The second kappa shape index (κ2) is 4.67. The molecule has 0 spiro atoms. The van der Waals surface area contributed by atoms with Crippen molar-refractivity contribution >= 4 is 27.7 Å². The number of halogens is 2. The fourth-order valence-electron chi connectivity index (χ4n) is 1.34. The quantitative estimate of drug-likeness (QED) is 0.926. The lowest BCUT2D eigenvalue weighted by molar-refractivity contribution is 0.102. The van der Waals surface area contributed by atoms with Crippen molar-refractivity contribution in [2.24, 2.45) is 7.05 Å². The zero-order chi connectivity index (χ0) is 12.4. The number of nitrogens with zero attached hydrogens (tertiary/aromatic N) is 2. The number of rotatable bonds is 2. The summed E-state index contributed by atoms with van der Waals surface area (Å²) in [6.45, 7) is 0. The molecule has 0 fully saturated rings. The molecule has 0 aliphatic heterocycles.